The van der Waals surface area contributed by atoms with Crippen LogP contribution >= 0.6 is 0 Å². The Balaban J connectivity index is 5.07. The number of Topliss-reactive ketones (excluding diaryl/α,β-unsaturated/α-hetero) is 1. The van der Waals surface area contributed by atoms with Crippen molar-refractivity contribution >= 4 is 11.8 Å². The van der Waals surface area contributed by atoms with Gasteiger partial charge in [-0.05, 0) is 6.42 Å². The van der Waals surface area contributed by atoms with Gasteiger partial charge in [-0.2, -0.15) is 0 Å². The average molecular weight is 201 g/mol. The lowest BCUT2D eigenvalue weighted by Gasteiger charge is -2.09. The molecule has 0 aromatic heterocycles. The molecule has 5 nitrogen and oxygen atoms in total. The Morgan fingerprint density at radius 2 is 1.86 bits per heavy atom. The predicted octanol–water partition coefficient (Wildman–Crippen LogP) is 0.865. The van der Waals surface area contributed by atoms with E-state index >= 15 is 0 Å². The summed E-state index contributed by atoms with van der Waals surface area (Å²) < 4.78 is 0. The molecule has 0 aliphatic rings. The topological polar surface area (TPSA) is 75.6 Å². The number of ketones is 1. The third-order valence-electron chi connectivity index (χ3n) is 1.73. The van der Waals surface area contributed by atoms with Gasteiger partial charge >= 0.3 is 5.97 Å². The maximum Gasteiger partial charge on any atom is 0.354 e. The minimum absolute atomic E-state index is 0.179. The Morgan fingerprint density at radius 1 is 1.29 bits per heavy atom. The summed E-state index contributed by atoms with van der Waals surface area (Å²) in [7, 11) is 1.30. The molecule has 0 unspecified atom stereocenters. The van der Waals surface area contributed by atoms with Crippen LogP contribution in [0.5, 0.6) is 0 Å². The molecule has 0 aromatic carbocycles. The summed E-state index contributed by atoms with van der Waals surface area (Å²) in [6, 6.07) is 0. The van der Waals surface area contributed by atoms with Crippen molar-refractivity contribution in [2.45, 2.75) is 26.7 Å². The fourth-order valence-corrected chi connectivity index (χ4v) is 1.06. The molecule has 0 radical (unpaired) electrons. The van der Waals surface area contributed by atoms with Gasteiger partial charge < -0.3 is 5.11 Å². The smallest absolute Gasteiger partial charge is 0.354 e. The van der Waals surface area contributed by atoms with Gasteiger partial charge in [0.25, 0.3) is 0 Å². The lowest BCUT2D eigenvalue weighted by atomic mass is 10.0. The third-order valence-corrected chi connectivity index (χ3v) is 1.73. The number of carbonyl (C=O) groups is 2. The number of hydrogen-bond acceptors (Lipinski definition) is 4. The molecule has 80 valence electrons. The number of aliphatic carboxylic acids is 1. The lowest BCUT2D eigenvalue weighted by Crippen LogP contribution is -2.23. The predicted molar refractivity (Wildman–Crippen MR) is 50.4 cm³/mol. The molecule has 0 rings (SSSR count). The van der Waals surface area contributed by atoms with E-state index in [0.717, 1.165) is 0 Å². The molecule has 0 saturated carbocycles. The molecule has 0 spiro atoms. The number of rotatable bonds is 6. The van der Waals surface area contributed by atoms with Gasteiger partial charge in [-0.1, -0.05) is 13.8 Å². The van der Waals surface area contributed by atoms with Crippen molar-refractivity contribution in [2.24, 2.45) is 0 Å². The SMILES string of the molecule is CCC(=O)C(CC)=C(NOC)C(=O)O. The number of hydroxylamine groups is 1. The van der Waals surface area contributed by atoms with Crippen molar-refractivity contribution in [3.8, 4) is 0 Å². The van der Waals surface area contributed by atoms with Crippen LogP contribution < -0.4 is 5.48 Å². The molecule has 0 heterocycles. The van der Waals surface area contributed by atoms with Gasteiger partial charge in [-0.15, -0.1) is 0 Å². The minimum Gasteiger partial charge on any atom is -0.477 e. The fourth-order valence-electron chi connectivity index (χ4n) is 1.06. The van der Waals surface area contributed by atoms with Crippen molar-refractivity contribution in [3.05, 3.63) is 11.3 Å². The van der Waals surface area contributed by atoms with Gasteiger partial charge in [0, 0.05) is 12.0 Å². The van der Waals surface area contributed by atoms with Gasteiger partial charge in [0.15, 0.2) is 11.5 Å². The molecular weight excluding hydrogens is 186 g/mol. The zero-order valence-corrected chi connectivity index (χ0v) is 8.59. The molecule has 0 bridgehead atoms. The van der Waals surface area contributed by atoms with E-state index < -0.39 is 5.97 Å². The molecule has 0 saturated heterocycles. The highest BCUT2D eigenvalue weighted by atomic mass is 16.6. The van der Waals surface area contributed by atoms with Gasteiger partial charge in [-0.3, -0.25) is 15.1 Å². The number of hydrogen-bond donors (Lipinski definition) is 2. The number of carboxylic acid groups (broad SMARTS) is 1. The van der Waals surface area contributed by atoms with Crippen LogP contribution in [0.3, 0.4) is 0 Å². The second-order valence-corrected chi connectivity index (χ2v) is 2.60. The molecule has 5 heteroatoms. The summed E-state index contributed by atoms with van der Waals surface area (Å²) in [4.78, 5) is 26.6. The summed E-state index contributed by atoms with van der Waals surface area (Å²) in [6.45, 7) is 3.41. The van der Waals surface area contributed by atoms with Crippen LogP contribution in [0.2, 0.25) is 0 Å². The highest BCUT2D eigenvalue weighted by molar-refractivity contribution is 6.02. The van der Waals surface area contributed by atoms with Crippen LogP contribution in [0.25, 0.3) is 0 Å². The first-order valence-electron chi connectivity index (χ1n) is 4.37. The Labute approximate surface area is 82.7 Å². The standard InChI is InChI=1S/C9H15NO4/c1-4-6(7(11)5-2)8(9(12)13)10-14-3/h10H,4-5H2,1-3H3,(H,12,13). The fraction of sp³-hybridized carbons (Fsp3) is 0.556. The van der Waals surface area contributed by atoms with Gasteiger partial charge in [-0.25, -0.2) is 4.79 Å². The van der Waals surface area contributed by atoms with Gasteiger partial charge in [0.05, 0.1) is 7.11 Å². The van der Waals surface area contributed by atoms with E-state index in [0.29, 0.717) is 6.42 Å². The first-order chi connectivity index (χ1) is 6.58. The highest BCUT2D eigenvalue weighted by Gasteiger charge is 2.17. The van der Waals surface area contributed by atoms with Crippen LogP contribution in [-0.2, 0) is 14.4 Å². The van der Waals surface area contributed by atoms with Crippen LogP contribution in [-0.4, -0.2) is 24.0 Å². The summed E-state index contributed by atoms with van der Waals surface area (Å²) in [5.41, 5.74) is 2.28. The van der Waals surface area contributed by atoms with Crippen LogP contribution in [0.1, 0.15) is 26.7 Å². The Bertz CT molecular complexity index is 258. The van der Waals surface area contributed by atoms with Gasteiger partial charge in [0.2, 0.25) is 0 Å². The first-order valence-corrected chi connectivity index (χ1v) is 4.37. The number of allylic oxidation sites excluding steroid dienone is 1. The molecule has 0 aliphatic heterocycles. The summed E-state index contributed by atoms with van der Waals surface area (Å²) >= 11 is 0. The Kier molecular flexibility index (Phi) is 5.55. The lowest BCUT2D eigenvalue weighted by molar-refractivity contribution is -0.135. The normalized spacial score (nSPS) is 11.9. The van der Waals surface area contributed by atoms with Crippen molar-refractivity contribution in [2.75, 3.05) is 7.11 Å². The summed E-state index contributed by atoms with van der Waals surface area (Å²) in [5, 5.41) is 8.80. The highest BCUT2D eigenvalue weighted by Crippen LogP contribution is 2.10. The van der Waals surface area contributed by atoms with Crippen molar-refractivity contribution in [3.63, 3.8) is 0 Å². The second-order valence-electron chi connectivity index (χ2n) is 2.60. The number of carbonyl (C=O) groups excluding carboxylic acids is 1. The molecule has 0 atom stereocenters. The van der Waals surface area contributed by atoms with Gasteiger partial charge in [0.1, 0.15) is 0 Å². The molecule has 0 aromatic rings. The third kappa shape index (κ3) is 3.18. The van der Waals surface area contributed by atoms with Crippen molar-refractivity contribution < 1.29 is 19.5 Å². The van der Waals surface area contributed by atoms with Crippen LogP contribution in [0.15, 0.2) is 11.3 Å². The molecule has 0 aliphatic carbocycles. The van der Waals surface area contributed by atoms with E-state index in [4.69, 9.17) is 5.11 Å². The monoisotopic (exact) mass is 201 g/mol. The molecule has 14 heavy (non-hydrogen) atoms. The largest absolute Gasteiger partial charge is 0.477 e. The quantitative estimate of drug-likeness (QED) is 0.492. The minimum atomic E-state index is -1.19. The summed E-state index contributed by atoms with van der Waals surface area (Å²) in [5.74, 6) is -1.38. The second kappa shape index (κ2) is 6.15. The molecular formula is C9H15NO4. The van der Waals surface area contributed by atoms with E-state index in [9.17, 15) is 9.59 Å². The zero-order chi connectivity index (χ0) is 11.1. The van der Waals surface area contributed by atoms with E-state index in [1.807, 2.05) is 0 Å². The van der Waals surface area contributed by atoms with E-state index in [-0.39, 0.29) is 23.5 Å². The van der Waals surface area contributed by atoms with Crippen LogP contribution in [0, 0.1) is 0 Å². The Morgan fingerprint density at radius 3 is 2.14 bits per heavy atom. The maximum atomic E-state index is 11.3. The molecule has 0 fully saturated rings. The maximum absolute atomic E-state index is 11.3. The van der Waals surface area contributed by atoms with Crippen LogP contribution in [0.4, 0.5) is 0 Å². The molecule has 2 N–H and O–H groups in total. The zero-order valence-electron chi connectivity index (χ0n) is 8.59. The van der Waals surface area contributed by atoms with E-state index in [2.05, 4.69) is 10.3 Å². The number of nitrogens with one attached hydrogen (secondary N) is 1. The number of carboxylic acids is 1. The Hall–Kier alpha value is -1.36. The van der Waals surface area contributed by atoms with Crippen molar-refractivity contribution in [1.82, 2.24) is 5.48 Å². The first kappa shape index (κ1) is 12.6. The van der Waals surface area contributed by atoms with Crippen molar-refractivity contribution in [1.29, 1.82) is 0 Å². The van der Waals surface area contributed by atoms with E-state index in [1.54, 1.807) is 13.8 Å². The molecule has 0 amide bonds. The average Bonchev–Trinajstić information content (AvgIpc) is 2.16. The van der Waals surface area contributed by atoms with E-state index in [1.165, 1.54) is 7.11 Å². The summed E-state index contributed by atoms with van der Waals surface area (Å²) in [6.07, 6.45) is 0.649.